The fourth-order valence-corrected chi connectivity index (χ4v) is 15.3. The van der Waals surface area contributed by atoms with Gasteiger partial charge in [0.05, 0.1) is 64.0 Å². The highest BCUT2D eigenvalue weighted by molar-refractivity contribution is 8.00. The maximum atomic E-state index is 13.9. The molecule has 8 unspecified atom stereocenters. The Morgan fingerprint density at radius 2 is 0.945 bits per heavy atom. The summed E-state index contributed by atoms with van der Waals surface area (Å²) in [6.07, 6.45) is -13.8. The van der Waals surface area contributed by atoms with Crippen LogP contribution in [0.25, 0.3) is 0 Å². The minimum Gasteiger partial charge on any atom is -0.394 e. The van der Waals surface area contributed by atoms with Crippen molar-refractivity contribution >= 4 is 64.8 Å². The summed E-state index contributed by atoms with van der Waals surface area (Å²) < 4.78 is 50.5. The Morgan fingerprint density at radius 3 is 1.39 bits per heavy atom. The van der Waals surface area contributed by atoms with E-state index in [4.69, 9.17) is 37.9 Å². The molecule has 6 aliphatic rings. The first kappa shape index (κ1) is 85.7. The molecule has 109 heavy (non-hydrogen) atoms. The fraction of sp³-hybridized carbons (Fsp3) is 0.731. The van der Waals surface area contributed by atoms with Crippen LogP contribution < -0.4 is 47.9 Å². The maximum absolute atomic E-state index is 13.9. The lowest BCUT2D eigenvalue weighted by atomic mass is 9.94. The predicted octanol–water partition coefficient (Wildman–Crippen LogP) is -6.02. The van der Waals surface area contributed by atoms with E-state index in [0.717, 1.165) is 32.4 Å². The number of nitrogens with zero attached hydrogens (tertiary/aromatic N) is 6. The van der Waals surface area contributed by atoms with E-state index in [1.165, 1.54) is 32.0 Å². The first-order chi connectivity index (χ1) is 52.2. The van der Waals surface area contributed by atoms with E-state index in [2.05, 4.69) is 68.5 Å². The molecule has 6 saturated heterocycles. The second-order valence-electron chi connectivity index (χ2n) is 27.7. The Labute approximate surface area is 630 Å². The normalized spacial score (nSPS) is 31.5. The molecule has 6 aliphatic heterocycles. The minimum atomic E-state index is -1.67. The van der Waals surface area contributed by atoms with Gasteiger partial charge in [-0.25, -0.2) is 4.79 Å². The molecule has 608 valence electrons. The van der Waals surface area contributed by atoms with Crippen LogP contribution in [0.1, 0.15) is 130 Å². The topological polar surface area (TPSA) is 582 Å². The summed E-state index contributed by atoms with van der Waals surface area (Å²) in [5, 5.41) is 147. The highest BCUT2D eigenvalue weighted by atomic mass is 32.2. The number of benzene rings is 1. The van der Waals surface area contributed by atoms with Gasteiger partial charge in [0.25, 0.3) is 11.8 Å². The van der Waals surface area contributed by atoms with Gasteiger partial charge < -0.3 is 137 Å². The molecule has 23 atom stereocenters. The van der Waals surface area contributed by atoms with Crippen molar-refractivity contribution < 1.29 is 127 Å². The molecule has 0 aliphatic carbocycles. The third kappa shape index (κ3) is 23.6. The van der Waals surface area contributed by atoms with Crippen molar-refractivity contribution in [2.45, 2.75) is 264 Å². The third-order valence-electron chi connectivity index (χ3n) is 19.3. The van der Waals surface area contributed by atoms with Gasteiger partial charge in [0.2, 0.25) is 29.5 Å². The van der Waals surface area contributed by atoms with Crippen LogP contribution >= 0.6 is 11.8 Å². The van der Waals surface area contributed by atoms with Crippen LogP contribution in [0.5, 0.6) is 0 Å². The number of rotatable bonds is 39. The van der Waals surface area contributed by atoms with Gasteiger partial charge in [-0.2, -0.15) is 11.8 Å². The van der Waals surface area contributed by atoms with Gasteiger partial charge in [-0.1, -0.05) is 29.7 Å². The first-order valence-corrected chi connectivity index (χ1v) is 37.6. The van der Waals surface area contributed by atoms with Crippen molar-refractivity contribution in [3.05, 3.63) is 53.1 Å². The van der Waals surface area contributed by atoms with E-state index in [1.807, 2.05) is 0 Å². The molecule has 0 spiro atoms. The molecule has 8 heterocycles. The van der Waals surface area contributed by atoms with Crippen molar-refractivity contribution in [3.8, 4) is 0 Å². The highest BCUT2D eigenvalue weighted by Gasteiger charge is 2.54. The minimum absolute atomic E-state index is 0.0276. The number of aromatic nitrogens is 6. The van der Waals surface area contributed by atoms with Gasteiger partial charge in [0, 0.05) is 88.2 Å². The molecular formula is C67H103N15O26S. The number of urea groups is 1. The number of carbonyl (C=O) groups excluding carboxylic acids is 8. The predicted molar refractivity (Wildman–Crippen MR) is 375 cm³/mol. The summed E-state index contributed by atoms with van der Waals surface area (Å²) in [4.78, 5) is 102. The van der Waals surface area contributed by atoms with Crippen LogP contribution in [0.15, 0.2) is 30.6 Å². The smallest absolute Gasteiger partial charge is 0.315 e. The number of thioether (sulfide) groups is 1. The third-order valence-corrected chi connectivity index (χ3v) is 20.8. The van der Waals surface area contributed by atoms with Crippen molar-refractivity contribution in [2.75, 3.05) is 50.7 Å². The molecule has 2 aromatic heterocycles. The monoisotopic (exact) mass is 1570 g/mol. The van der Waals surface area contributed by atoms with Gasteiger partial charge in [-0.3, -0.25) is 42.9 Å². The molecule has 6 fully saturated rings. The van der Waals surface area contributed by atoms with Crippen molar-refractivity contribution in [2.24, 2.45) is 0 Å². The summed E-state index contributed by atoms with van der Waals surface area (Å²) >= 11 is 1.78. The van der Waals surface area contributed by atoms with Crippen molar-refractivity contribution in [1.82, 2.24) is 72.5 Å². The van der Waals surface area contributed by atoms with E-state index in [0.29, 0.717) is 75.8 Å². The molecule has 42 heteroatoms. The van der Waals surface area contributed by atoms with E-state index in [-0.39, 0.29) is 78.8 Å². The number of aliphatic hydroxyl groups excluding tert-OH is 10. The SMILES string of the molecule is CC(=O)NC1[C@H](O[C@H]2C(CO)O[C@@H](OCCCCCCn3cc(CNC(=O)c4cc(NC(=O)CCCC[C@H]5SC[C@H]6NC(=O)N[C@H]65)cc(C(=O)NCc5cn(CCCCCO[C@@H]6OC(CO)[C@H](O[C@@H]7OC(CO)[C@H](O)[C@H](O)C7NC(C)=O)[C@H](O)C6NC(C)=O)nn5)c4)nn3)C(NC(C)=O)[C@H]2O)OC(CO)[C@H](O)[C@@H]1O. The molecule has 0 bridgehead atoms. The molecule has 9 amide bonds. The molecular weight excluding hydrogens is 1460 g/mol. The fourth-order valence-electron chi connectivity index (χ4n) is 13.8. The Bertz CT molecular complexity index is 3500. The number of hydrogen-bond acceptors (Lipinski definition) is 31. The molecule has 19 N–H and O–H groups in total. The van der Waals surface area contributed by atoms with Crippen LogP contribution in [-0.4, -0.2) is 314 Å². The molecule has 1 aromatic carbocycles. The molecule has 0 radical (unpaired) electrons. The summed E-state index contributed by atoms with van der Waals surface area (Å²) in [7, 11) is 0. The number of aliphatic hydroxyl groups is 10. The lowest BCUT2D eigenvalue weighted by Crippen LogP contribution is -2.69. The summed E-state index contributed by atoms with van der Waals surface area (Å²) in [5.41, 5.74) is 1.13. The van der Waals surface area contributed by atoms with Crippen LogP contribution in [-0.2, 0) is 88.0 Å². The zero-order valence-electron chi connectivity index (χ0n) is 60.8. The van der Waals surface area contributed by atoms with Crippen LogP contribution in [0, 0.1) is 0 Å². The largest absolute Gasteiger partial charge is 0.394 e. The number of amides is 9. The number of aryl methyl sites for hydroxylation is 2. The van der Waals surface area contributed by atoms with Gasteiger partial charge in [-0.05, 0) is 63.1 Å². The van der Waals surface area contributed by atoms with Gasteiger partial charge in [0.15, 0.2) is 25.2 Å². The maximum Gasteiger partial charge on any atom is 0.315 e. The van der Waals surface area contributed by atoms with E-state index in [1.54, 1.807) is 33.5 Å². The van der Waals surface area contributed by atoms with Crippen molar-refractivity contribution in [1.29, 1.82) is 0 Å². The Balaban J connectivity index is 0.729. The molecule has 3 aromatic rings. The Kier molecular flexibility index (Phi) is 32.5. The quantitative estimate of drug-likeness (QED) is 0.0187. The number of ether oxygens (including phenoxy) is 8. The van der Waals surface area contributed by atoms with Crippen LogP contribution in [0.4, 0.5) is 10.5 Å². The second-order valence-corrected chi connectivity index (χ2v) is 29.0. The average Bonchev–Trinajstić information content (AvgIpc) is 1.72. The standard InChI is InChI=1S/C67H103N15O26S/c1-32(87)70-49-55(94)53(92)42(27-83)103-65(49)107-59-44(29-85)105-63(51(57(59)96)72-34(3)89)101-18-12-6-5-10-16-81-25-39(77-79-81)23-68-61(98)36-20-37(22-38(21-36)74-47(91)15-9-8-14-46-48-41(31-109-46)75-67(100)76-48)62(99)69-24-40-26-82(80-78-40)17-11-7-13-19-102-64-52(73-35(4)90)58(97)60(45(30-86)106-64)108-66-50(71-33(2)88)56(95)54(93)43(28-84)104-66/h20-22,25-26,41-46,48-60,63-66,83-86,92-97H,5-19,23-24,27-31H2,1-4H3,(H,68,98)(H,69,99)(H,70,87)(H,71,88)(H,72,89)(H,73,90)(H,74,91)(H2,75,76,100)/t41-,42?,43?,44?,45?,46-,48-,49?,50?,51?,52?,53+,54+,55-,56-,57-,58-,59+,60+,63-,64-,65+,66+/m1/s1. The van der Waals surface area contributed by atoms with E-state index < -0.39 is 184 Å². The highest BCUT2D eigenvalue weighted by Crippen LogP contribution is 2.35. The van der Waals surface area contributed by atoms with Gasteiger partial charge in [0.1, 0.15) is 109 Å². The number of nitrogens with one attached hydrogen (secondary N) is 9. The van der Waals surface area contributed by atoms with Gasteiger partial charge >= 0.3 is 6.03 Å². The summed E-state index contributed by atoms with van der Waals surface area (Å²) in [6, 6.07) is -0.989. The zero-order chi connectivity index (χ0) is 78.6. The zero-order valence-corrected chi connectivity index (χ0v) is 61.6. The molecule has 9 rings (SSSR count). The number of fused-ring (bicyclic) bond motifs is 1. The molecule has 41 nitrogen and oxygen atoms in total. The van der Waals surface area contributed by atoms with E-state index in [9.17, 15) is 89.4 Å². The van der Waals surface area contributed by atoms with E-state index >= 15 is 0 Å². The number of anilines is 1. The number of unbranched alkanes of at least 4 members (excludes halogenated alkanes) is 6. The Morgan fingerprint density at radius 1 is 0.523 bits per heavy atom. The lowest BCUT2D eigenvalue weighted by molar-refractivity contribution is -0.332. The molecule has 0 saturated carbocycles. The second kappa shape index (κ2) is 41.3. The van der Waals surface area contributed by atoms with Crippen LogP contribution in [0.3, 0.4) is 0 Å². The number of hydrogen-bond donors (Lipinski definition) is 19. The Hall–Kier alpha value is -7.31. The summed E-state index contributed by atoms with van der Waals surface area (Å²) in [6.45, 7) is 2.79. The van der Waals surface area contributed by atoms with Crippen molar-refractivity contribution in [3.63, 3.8) is 0 Å². The van der Waals surface area contributed by atoms with Crippen LogP contribution in [0.2, 0.25) is 0 Å². The number of carbonyl (C=O) groups is 8. The average molecular weight is 1570 g/mol. The first-order valence-electron chi connectivity index (χ1n) is 36.5. The van der Waals surface area contributed by atoms with Gasteiger partial charge in [-0.15, -0.1) is 10.2 Å². The summed E-state index contributed by atoms with van der Waals surface area (Å²) in [5.74, 6) is -3.05. The lowest BCUT2D eigenvalue weighted by Gasteiger charge is -2.48.